The van der Waals surface area contributed by atoms with Gasteiger partial charge in [0.2, 0.25) is 0 Å². The lowest BCUT2D eigenvalue weighted by molar-refractivity contribution is 0.0950. The Labute approximate surface area is 118 Å². The van der Waals surface area contributed by atoms with Gasteiger partial charge in [0.05, 0.1) is 12.1 Å². The second-order valence-electron chi connectivity index (χ2n) is 4.03. The summed E-state index contributed by atoms with van der Waals surface area (Å²) < 4.78 is 0.815. The van der Waals surface area contributed by atoms with Gasteiger partial charge in [0.1, 0.15) is 5.01 Å². The number of halogens is 1. The molecule has 0 saturated heterocycles. The summed E-state index contributed by atoms with van der Waals surface area (Å²) in [7, 11) is 0. The van der Waals surface area contributed by atoms with Crippen LogP contribution in [0.1, 0.15) is 25.8 Å². The summed E-state index contributed by atoms with van der Waals surface area (Å²) in [4.78, 5) is 17.4. The van der Waals surface area contributed by atoms with E-state index in [1.807, 2.05) is 38.2 Å². The third-order valence-corrected chi connectivity index (χ3v) is 4.01. The Bertz CT molecular complexity index is 580. The highest BCUT2D eigenvalue weighted by Crippen LogP contribution is 2.18. The monoisotopic (exact) mass is 324 g/mol. The molecule has 0 aliphatic carbocycles. The average Bonchev–Trinajstić information content (AvgIpc) is 2.72. The highest BCUT2D eigenvalue weighted by molar-refractivity contribution is 9.10. The molecule has 18 heavy (non-hydrogen) atoms. The van der Waals surface area contributed by atoms with Crippen LogP contribution in [0.4, 0.5) is 0 Å². The first kappa shape index (κ1) is 13.2. The van der Waals surface area contributed by atoms with Crippen molar-refractivity contribution in [3.05, 3.63) is 49.9 Å². The molecule has 0 radical (unpaired) electrons. The summed E-state index contributed by atoms with van der Waals surface area (Å²) in [6, 6.07) is 5.68. The number of benzene rings is 1. The number of nitrogens with zero attached hydrogens (tertiary/aromatic N) is 1. The van der Waals surface area contributed by atoms with Gasteiger partial charge in [0.25, 0.3) is 5.91 Å². The minimum Gasteiger partial charge on any atom is -0.345 e. The second-order valence-corrected chi connectivity index (χ2v) is 6.20. The molecule has 2 rings (SSSR count). The molecule has 2 aromatic rings. The molecule has 94 valence electrons. The number of thiazole rings is 1. The van der Waals surface area contributed by atoms with E-state index < -0.39 is 0 Å². The Morgan fingerprint density at radius 2 is 2.22 bits per heavy atom. The van der Waals surface area contributed by atoms with Crippen molar-refractivity contribution in [1.82, 2.24) is 10.3 Å². The zero-order chi connectivity index (χ0) is 13.1. The van der Waals surface area contributed by atoms with Crippen LogP contribution < -0.4 is 5.32 Å². The van der Waals surface area contributed by atoms with Crippen LogP contribution in [0.2, 0.25) is 0 Å². The highest BCUT2D eigenvalue weighted by Gasteiger charge is 2.10. The maximum Gasteiger partial charge on any atom is 0.252 e. The first-order chi connectivity index (χ1) is 8.56. The van der Waals surface area contributed by atoms with E-state index in [1.54, 1.807) is 11.3 Å². The van der Waals surface area contributed by atoms with E-state index in [-0.39, 0.29) is 5.91 Å². The van der Waals surface area contributed by atoms with E-state index >= 15 is 0 Å². The summed E-state index contributed by atoms with van der Waals surface area (Å²) in [6.07, 6.45) is 1.81. The SMILES string of the molecule is Cc1ccc(C(=O)NCc2ncc(C)s2)c(Br)c1. The Morgan fingerprint density at radius 1 is 1.44 bits per heavy atom. The van der Waals surface area contributed by atoms with Crippen molar-refractivity contribution in [1.29, 1.82) is 0 Å². The molecule has 1 amide bonds. The number of nitrogens with one attached hydrogen (secondary N) is 1. The van der Waals surface area contributed by atoms with Gasteiger partial charge in [0, 0.05) is 15.5 Å². The number of hydrogen-bond donors (Lipinski definition) is 1. The van der Waals surface area contributed by atoms with Crippen LogP contribution in [0.25, 0.3) is 0 Å². The number of aromatic nitrogens is 1. The van der Waals surface area contributed by atoms with Crippen LogP contribution in [0, 0.1) is 13.8 Å². The summed E-state index contributed by atoms with van der Waals surface area (Å²) >= 11 is 5.00. The van der Waals surface area contributed by atoms with Gasteiger partial charge in [-0.25, -0.2) is 4.98 Å². The summed E-state index contributed by atoms with van der Waals surface area (Å²) in [5, 5.41) is 3.79. The molecule has 1 aromatic heterocycles. The third kappa shape index (κ3) is 3.17. The largest absolute Gasteiger partial charge is 0.345 e. The van der Waals surface area contributed by atoms with Crippen LogP contribution >= 0.6 is 27.3 Å². The standard InChI is InChI=1S/C13H13BrN2OS/c1-8-3-4-10(11(14)5-8)13(17)16-7-12-15-6-9(2)18-12/h3-6H,7H2,1-2H3,(H,16,17). The number of carbonyl (C=O) groups is 1. The fourth-order valence-electron chi connectivity index (χ4n) is 1.54. The molecule has 0 aliphatic heterocycles. The smallest absolute Gasteiger partial charge is 0.252 e. The zero-order valence-corrected chi connectivity index (χ0v) is 12.6. The summed E-state index contributed by atoms with van der Waals surface area (Å²) in [5.74, 6) is -0.0882. The Kier molecular flexibility index (Phi) is 4.14. The number of rotatable bonds is 3. The molecule has 0 unspecified atom stereocenters. The molecule has 0 saturated carbocycles. The molecule has 1 N–H and O–H groups in total. The van der Waals surface area contributed by atoms with Crippen molar-refractivity contribution in [2.75, 3.05) is 0 Å². The lowest BCUT2D eigenvalue weighted by atomic mass is 10.1. The predicted octanol–water partition coefficient (Wildman–Crippen LogP) is 3.45. The van der Waals surface area contributed by atoms with Crippen molar-refractivity contribution >= 4 is 33.2 Å². The van der Waals surface area contributed by atoms with Gasteiger partial charge in [-0.1, -0.05) is 6.07 Å². The fraction of sp³-hybridized carbons (Fsp3) is 0.231. The maximum absolute atomic E-state index is 12.0. The normalized spacial score (nSPS) is 10.4. The van der Waals surface area contributed by atoms with Gasteiger partial charge < -0.3 is 5.32 Å². The molecule has 3 nitrogen and oxygen atoms in total. The quantitative estimate of drug-likeness (QED) is 0.939. The van der Waals surface area contributed by atoms with Crippen LogP contribution in [0.3, 0.4) is 0 Å². The molecule has 0 aliphatic rings. The van der Waals surface area contributed by atoms with Crippen LogP contribution in [0.5, 0.6) is 0 Å². The molecular weight excluding hydrogens is 312 g/mol. The Morgan fingerprint density at radius 3 is 2.83 bits per heavy atom. The van der Waals surface area contributed by atoms with Gasteiger partial charge in [-0.05, 0) is 47.5 Å². The van der Waals surface area contributed by atoms with Gasteiger partial charge in [-0.3, -0.25) is 4.79 Å². The Balaban J connectivity index is 2.03. The van der Waals surface area contributed by atoms with E-state index in [2.05, 4.69) is 26.2 Å². The van der Waals surface area contributed by atoms with Crippen molar-refractivity contribution < 1.29 is 4.79 Å². The average molecular weight is 325 g/mol. The summed E-state index contributed by atoms with van der Waals surface area (Å²) in [6.45, 7) is 4.46. The highest BCUT2D eigenvalue weighted by atomic mass is 79.9. The molecule has 0 atom stereocenters. The predicted molar refractivity (Wildman–Crippen MR) is 76.9 cm³/mol. The maximum atomic E-state index is 12.0. The lowest BCUT2D eigenvalue weighted by Crippen LogP contribution is -2.23. The van der Waals surface area contributed by atoms with Crippen molar-refractivity contribution in [2.45, 2.75) is 20.4 Å². The molecule has 0 fully saturated rings. The van der Waals surface area contributed by atoms with Gasteiger partial charge in [-0.15, -0.1) is 11.3 Å². The first-order valence-corrected chi connectivity index (χ1v) is 7.13. The lowest BCUT2D eigenvalue weighted by Gasteiger charge is -2.06. The van der Waals surface area contributed by atoms with E-state index in [4.69, 9.17) is 0 Å². The van der Waals surface area contributed by atoms with Crippen molar-refractivity contribution in [3.8, 4) is 0 Å². The van der Waals surface area contributed by atoms with E-state index in [0.29, 0.717) is 12.1 Å². The number of carbonyl (C=O) groups excluding carboxylic acids is 1. The van der Waals surface area contributed by atoms with Crippen LogP contribution in [0.15, 0.2) is 28.9 Å². The summed E-state index contributed by atoms with van der Waals surface area (Å²) in [5.41, 5.74) is 1.77. The molecule has 0 bridgehead atoms. The molecule has 1 aromatic carbocycles. The number of hydrogen-bond acceptors (Lipinski definition) is 3. The van der Waals surface area contributed by atoms with Gasteiger partial charge in [-0.2, -0.15) is 0 Å². The first-order valence-electron chi connectivity index (χ1n) is 5.52. The van der Waals surface area contributed by atoms with Gasteiger partial charge in [0.15, 0.2) is 0 Å². The minimum absolute atomic E-state index is 0.0882. The molecule has 5 heteroatoms. The molecule has 0 spiro atoms. The molecule has 1 heterocycles. The fourth-order valence-corrected chi connectivity index (χ4v) is 2.94. The second kappa shape index (κ2) is 5.63. The van der Waals surface area contributed by atoms with Gasteiger partial charge >= 0.3 is 0 Å². The van der Waals surface area contributed by atoms with Crippen molar-refractivity contribution in [2.24, 2.45) is 0 Å². The van der Waals surface area contributed by atoms with E-state index in [9.17, 15) is 4.79 Å². The van der Waals surface area contributed by atoms with Crippen molar-refractivity contribution in [3.63, 3.8) is 0 Å². The van der Waals surface area contributed by atoms with E-state index in [0.717, 1.165) is 19.9 Å². The van der Waals surface area contributed by atoms with E-state index in [1.165, 1.54) is 0 Å². The number of aryl methyl sites for hydroxylation is 2. The minimum atomic E-state index is -0.0882. The third-order valence-electron chi connectivity index (χ3n) is 2.44. The topological polar surface area (TPSA) is 42.0 Å². The molecular formula is C13H13BrN2OS. The van der Waals surface area contributed by atoms with Crippen LogP contribution in [-0.2, 0) is 6.54 Å². The van der Waals surface area contributed by atoms with Crippen LogP contribution in [-0.4, -0.2) is 10.9 Å². The Hall–Kier alpha value is -1.20. The zero-order valence-electron chi connectivity index (χ0n) is 10.2. The number of amides is 1.